The van der Waals surface area contributed by atoms with Gasteiger partial charge >= 0.3 is 5.97 Å². The number of carboxylic acids is 1. The van der Waals surface area contributed by atoms with E-state index in [0.717, 1.165) is 37.9 Å². The Balaban J connectivity index is 1.93. The lowest BCUT2D eigenvalue weighted by Gasteiger charge is -2.41. The minimum atomic E-state index is -0.875. The Hall–Kier alpha value is -2.04. The zero-order chi connectivity index (χ0) is 16.0. The number of amides is 1. The molecule has 0 aromatic heterocycles. The fourth-order valence-corrected chi connectivity index (χ4v) is 2.59. The third kappa shape index (κ3) is 4.23. The van der Waals surface area contributed by atoms with Gasteiger partial charge in [0, 0.05) is 5.56 Å². The Morgan fingerprint density at radius 1 is 1.27 bits per heavy atom. The SMILES string of the molecule is CCCCOc1ccc(C(=O)NC2(CC(=O)O)CCC2)cc1. The highest BCUT2D eigenvalue weighted by Crippen LogP contribution is 2.35. The van der Waals surface area contributed by atoms with E-state index < -0.39 is 11.5 Å². The number of benzene rings is 1. The van der Waals surface area contributed by atoms with Crippen LogP contribution in [0.2, 0.25) is 0 Å². The topological polar surface area (TPSA) is 75.6 Å². The standard InChI is InChI=1S/C17H23NO4/c1-2-3-11-22-14-7-5-13(6-8-14)16(21)18-17(9-4-10-17)12-15(19)20/h5-8H,2-4,9-12H2,1H3,(H,18,21)(H,19,20). The van der Waals surface area contributed by atoms with Crippen LogP contribution in [-0.4, -0.2) is 29.1 Å². The van der Waals surface area contributed by atoms with Gasteiger partial charge in [-0.1, -0.05) is 13.3 Å². The minimum absolute atomic E-state index is 0.0169. The van der Waals surface area contributed by atoms with Crippen LogP contribution in [0.1, 0.15) is 55.8 Å². The van der Waals surface area contributed by atoms with Gasteiger partial charge < -0.3 is 15.2 Å². The number of rotatable bonds is 8. The molecule has 0 unspecified atom stereocenters. The lowest BCUT2D eigenvalue weighted by atomic mass is 9.74. The summed E-state index contributed by atoms with van der Waals surface area (Å²) in [6, 6.07) is 6.97. The lowest BCUT2D eigenvalue weighted by molar-refractivity contribution is -0.139. The number of nitrogens with one attached hydrogen (secondary N) is 1. The van der Waals surface area contributed by atoms with Crippen molar-refractivity contribution in [2.24, 2.45) is 0 Å². The fourth-order valence-electron chi connectivity index (χ4n) is 2.59. The van der Waals surface area contributed by atoms with Gasteiger partial charge in [-0.05, 0) is 49.9 Å². The number of carbonyl (C=O) groups excluding carboxylic acids is 1. The van der Waals surface area contributed by atoms with Crippen molar-refractivity contribution in [3.8, 4) is 5.75 Å². The quantitative estimate of drug-likeness (QED) is 0.724. The maximum Gasteiger partial charge on any atom is 0.305 e. The zero-order valence-electron chi connectivity index (χ0n) is 12.9. The highest BCUT2D eigenvalue weighted by molar-refractivity contribution is 5.95. The van der Waals surface area contributed by atoms with Gasteiger partial charge in [-0.15, -0.1) is 0 Å². The first-order valence-corrected chi connectivity index (χ1v) is 7.82. The number of ether oxygens (including phenoxy) is 1. The molecular formula is C17H23NO4. The molecule has 1 saturated carbocycles. The molecule has 5 heteroatoms. The summed E-state index contributed by atoms with van der Waals surface area (Å²) in [6.45, 7) is 2.77. The molecule has 1 aliphatic carbocycles. The highest BCUT2D eigenvalue weighted by Gasteiger charge is 2.40. The molecule has 1 amide bonds. The third-order valence-electron chi connectivity index (χ3n) is 4.06. The van der Waals surface area contributed by atoms with Crippen molar-refractivity contribution in [1.29, 1.82) is 0 Å². The third-order valence-corrected chi connectivity index (χ3v) is 4.06. The zero-order valence-corrected chi connectivity index (χ0v) is 12.9. The van der Waals surface area contributed by atoms with Gasteiger partial charge in [0.1, 0.15) is 5.75 Å². The molecule has 0 saturated heterocycles. The van der Waals surface area contributed by atoms with Crippen molar-refractivity contribution in [3.05, 3.63) is 29.8 Å². The molecule has 1 aromatic rings. The van der Waals surface area contributed by atoms with Crippen LogP contribution in [0.5, 0.6) is 5.75 Å². The predicted molar refractivity (Wildman–Crippen MR) is 83.1 cm³/mol. The van der Waals surface area contributed by atoms with E-state index in [2.05, 4.69) is 12.2 Å². The molecule has 0 bridgehead atoms. The fraction of sp³-hybridized carbons (Fsp3) is 0.529. The molecule has 2 N–H and O–H groups in total. The van der Waals surface area contributed by atoms with E-state index in [-0.39, 0.29) is 12.3 Å². The van der Waals surface area contributed by atoms with Gasteiger partial charge in [-0.2, -0.15) is 0 Å². The molecule has 2 rings (SSSR count). The maximum absolute atomic E-state index is 12.3. The van der Waals surface area contributed by atoms with Crippen molar-refractivity contribution in [2.75, 3.05) is 6.61 Å². The van der Waals surface area contributed by atoms with Crippen LogP contribution in [0.3, 0.4) is 0 Å². The lowest BCUT2D eigenvalue weighted by Crippen LogP contribution is -2.54. The Kier molecular flexibility index (Phi) is 5.41. The maximum atomic E-state index is 12.3. The number of carbonyl (C=O) groups is 2. The smallest absolute Gasteiger partial charge is 0.305 e. The van der Waals surface area contributed by atoms with E-state index in [1.54, 1.807) is 24.3 Å². The summed E-state index contributed by atoms with van der Waals surface area (Å²) in [5.74, 6) is -0.352. The summed E-state index contributed by atoms with van der Waals surface area (Å²) in [7, 11) is 0. The second-order valence-electron chi connectivity index (χ2n) is 5.88. The molecule has 0 spiro atoms. The van der Waals surface area contributed by atoms with E-state index in [0.29, 0.717) is 12.2 Å². The van der Waals surface area contributed by atoms with Crippen molar-refractivity contribution in [1.82, 2.24) is 5.32 Å². The average Bonchev–Trinajstić information content (AvgIpc) is 2.45. The van der Waals surface area contributed by atoms with Crippen LogP contribution < -0.4 is 10.1 Å². The minimum Gasteiger partial charge on any atom is -0.494 e. The molecular weight excluding hydrogens is 282 g/mol. The van der Waals surface area contributed by atoms with Gasteiger partial charge in [0.05, 0.1) is 18.6 Å². The van der Waals surface area contributed by atoms with E-state index in [1.807, 2.05) is 0 Å². The Bertz CT molecular complexity index is 520. The van der Waals surface area contributed by atoms with Crippen LogP contribution in [0.4, 0.5) is 0 Å². The number of aliphatic carboxylic acids is 1. The normalized spacial score (nSPS) is 15.7. The first kappa shape index (κ1) is 16.3. The van der Waals surface area contributed by atoms with Crippen LogP contribution in [0, 0.1) is 0 Å². The van der Waals surface area contributed by atoms with Crippen molar-refractivity contribution >= 4 is 11.9 Å². The van der Waals surface area contributed by atoms with Crippen LogP contribution in [-0.2, 0) is 4.79 Å². The second kappa shape index (κ2) is 7.29. The summed E-state index contributed by atoms with van der Waals surface area (Å²) >= 11 is 0. The molecule has 0 atom stereocenters. The van der Waals surface area contributed by atoms with Crippen LogP contribution >= 0.6 is 0 Å². The van der Waals surface area contributed by atoms with Gasteiger partial charge in [0.25, 0.3) is 5.91 Å². The number of unbranched alkanes of at least 4 members (excludes halogenated alkanes) is 1. The van der Waals surface area contributed by atoms with Gasteiger partial charge in [-0.3, -0.25) is 9.59 Å². The Morgan fingerprint density at radius 3 is 2.45 bits per heavy atom. The van der Waals surface area contributed by atoms with Gasteiger partial charge in [-0.25, -0.2) is 0 Å². The molecule has 22 heavy (non-hydrogen) atoms. The van der Waals surface area contributed by atoms with E-state index >= 15 is 0 Å². The van der Waals surface area contributed by atoms with Crippen LogP contribution in [0.25, 0.3) is 0 Å². The second-order valence-corrected chi connectivity index (χ2v) is 5.88. The van der Waals surface area contributed by atoms with Crippen molar-refractivity contribution < 1.29 is 19.4 Å². The average molecular weight is 305 g/mol. The van der Waals surface area contributed by atoms with E-state index in [9.17, 15) is 9.59 Å². The van der Waals surface area contributed by atoms with Crippen LogP contribution in [0.15, 0.2) is 24.3 Å². The number of carboxylic acid groups (broad SMARTS) is 1. The van der Waals surface area contributed by atoms with E-state index in [4.69, 9.17) is 9.84 Å². The largest absolute Gasteiger partial charge is 0.494 e. The first-order valence-electron chi connectivity index (χ1n) is 7.82. The summed E-state index contributed by atoms with van der Waals surface area (Å²) in [5, 5.41) is 11.9. The Labute approximate surface area is 130 Å². The van der Waals surface area contributed by atoms with Crippen molar-refractivity contribution in [2.45, 2.75) is 51.0 Å². The molecule has 1 fully saturated rings. The van der Waals surface area contributed by atoms with E-state index in [1.165, 1.54) is 0 Å². The summed E-state index contributed by atoms with van der Waals surface area (Å²) in [6.07, 6.45) is 4.47. The van der Waals surface area contributed by atoms with Gasteiger partial charge in [0.2, 0.25) is 0 Å². The van der Waals surface area contributed by atoms with Crippen molar-refractivity contribution in [3.63, 3.8) is 0 Å². The Morgan fingerprint density at radius 2 is 1.95 bits per heavy atom. The van der Waals surface area contributed by atoms with Gasteiger partial charge in [0.15, 0.2) is 0 Å². The monoisotopic (exact) mass is 305 g/mol. The molecule has 5 nitrogen and oxygen atoms in total. The predicted octanol–water partition coefficient (Wildman–Crippen LogP) is 2.99. The highest BCUT2D eigenvalue weighted by atomic mass is 16.5. The molecule has 1 aromatic carbocycles. The summed E-state index contributed by atoms with van der Waals surface area (Å²) < 4.78 is 5.56. The first-order chi connectivity index (χ1) is 10.5. The molecule has 1 aliphatic rings. The molecule has 0 heterocycles. The number of hydrogen-bond donors (Lipinski definition) is 2. The summed E-state index contributed by atoms with van der Waals surface area (Å²) in [5.41, 5.74) is -0.0429. The summed E-state index contributed by atoms with van der Waals surface area (Å²) in [4.78, 5) is 23.2. The molecule has 0 radical (unpaired) electrons. The number of hydrogen-bond acceptors (Lipinski definition) is 3. The molecule has 0 aliphatic heterocycles. The molecule has 120 valence electrons.